The van der Waals surface area contributed by atoms with Crippen LogP contribution in [0.2, 0.25) is 0 Å². The number of alkyl halides is 3. The Hall–Kier alpha value is -1.71. The fourth-order valence-electron chi connectivity index (χ4n) is 1.98. The smallest absolute Gasteiger partial charge is 0.398 e. The summed E-state index contributed by atoms with van der Waals surface area (Å²) in [6.45, 7) is 1.79. The first-order valence-electron chi connectivity index (χ1n) is 5.32. The molecule has 0 aliphatic heterocycles. The number of benzene rings is 2. The second-order valence-corrected chi connectivity index (χ2v) is 3.89. The maximum absolute atomic E-state index is 12.9. The normalized spacial score (nSPS) is 12.0. The van der Waals surface area contributed by atoms with E-state index in [0.717, 1.165) is 6.07 Å². The Morgan fingerprint density at radius 1 is 1.12 bits per heavy atom. The molecule has 2 N–H and O–H groups in total. The zero-order valence-corrected chi connectivity index (χ0v) is 9.31. The molecule has 0 aromatic heterocycles. The summed E-state index contributed by atoms with van der Waals surface area (Å²) in [5, 5.41) is 0.633. The van der Waals surface area contributed by atoms with E-state index >= 15 is 0 Å². The number of rotatable bonds is 1. The van der Waals surface area contributed by atoms with E-state index < -0.39 is 11.7 Å². The molecule has 17 heavy (non-hydrogen) atoms. The largest absolute Gasteiger partial charge is 0.417 e. The molecule has 0 saturated carbocycles. The van der Waals surface area contributed by atoms with Gasteiger partial charge in [0.1, 0.15) is 0 Å². The van der Waals surface area contributed by atoms with Crippen molar-refractivity contribution < 1.29 is 13.2 Å². The van der Waals surface area contributed by atoms with Gasteiger partial charge in [-0.3, -0.25) is 0 Å². The van der Waals surface area contributed by atoms with Gasteiger partial charge in [0, 0.05) is 11.1 Å². The molecule has 0 amide bonds. The van der Waals surface area contributed by atoms with Gasteiger partial charge in [0.25, 0.3) is 0 Å². The standard InChI is InChI=1S/C13H12F3N/c1-2-8-7-11(13(14,15)16)9-5-3-4-6-10(9)12(8)17/h3-7H,2,17H2,1H3. The number of hydrogen-bond acceptors (Lipinski definition) is 1. The molecule has 2 aromatic rings. The molecule has 0 atom stereocenters. The van der Waals surface area contributed by atoms with Crippen molar-refractivity contribution in [2.24, 2.45) is 0 Å². The molecule has 0 aliphatic rings. The first-order valence-corrected chi connectivity index (χ1v) is 5.32. The first kappa shape index (κ1) is 11.8. The molecule has 2 aromatic carbocycles. The minimum atomic E-state index is -4.35. The van der Waals surface area contributed by atoms with Crippen LogP contribution in [0.4, 0.5) is 18.9 Å². The summed E-state index contributed by atoms with van der Waals surface area (Å²) in [6.07, 6.45) is -3.86. The zero-order chi connectivity index (χ0) is 12.6. The van der Waals surface area contributed by atoms with Gasteiger partial charge in [-0.05, 0) is 23.4 Å². The summed E-state index contributed by atoms with van der Waals surface area (Å²) < 4.78 is 38.8. The number of halogens is 3. The summed E-state index contributed by atoms with van der Waals surface area (Å²) in [5.41, 5.74) is 6.24. The monoisotopic (exact) mass is 239 g/mol. The van der Waals surface area contributed by atoms with Crippen LogP contribution in [0, 0.1) is 0 Å². The molecule has 4 heteroatoms. The van der Waals surface area contributed by atoms with Gasteiger partial charge in [-0.2, -0.15) is 13.2 Å². The van der Waals surface area contributed by atoms with Crippen molar-refractivity contribution in [3.05, 3.63) is 41.5 Å². The Kier molecular flexibility index (Phi) is 2.73. The maximum Gasteiger partial charge on any atom is 0.417 e. The third-order valence-electron chi connectivity index (χ3n) is 2.86. The predicted octanol–water partition coefficient (Wildman–Crippen LogP) is 4.00. The highest BCUT2D eigenvalue weighted by atomic mass is 19.4. The molecule has 1 nitrogen and oxygen atoms in total. The van der Waals surface area contributed by atoms with Gasteiger partial charge in [0.2, 0.25) is 0 Å². The lowest BCUT2D eigenvalue weighted by molar-refractivity contribution is -0.136. The van der Waals surface area contributed by atoms with E-state index in [1.54, 1.807) is 25.1 Å². The number of nitrogen functional groups attached to an aromatic ring is 1. The van der Waals surface area contributed by atoms with E-state index in [2.05, 4.69) is 0 Å². The highest BCUT2D eigenvalue weighted by Gasteiger charge is 2.33. The van der Waals surface area contributed by atoms with E-state index in [1.165, 1.54) is 6.07 Å². The average Bonchev–Trinajstić information content (AvgIpc) is 2.28. The van der Waals surface area contributed by atoms with Gasteiger partial charge in [-0.25, -0.2) is 0 Å². The number of fused-ring (bicyclic) bond motifs is 1. The summed E-state index contributed by atoms with van der Waals surface area (Å²) >= 11 is 0. The summed E-state index contributed by atoms with van der Waals surface area (Å²) in [4.78, 5) is 0. The molecular formula is C13H12F3N. The Bertz CT molecular complexity index is 558. The van der Waals surface area contributed by atoms with Gasteiger partial charge in [-0.15, -0.1) is 0 Å². The van der Waals surface area contributed by atoms with Gasteiger partial charge < -0.3 is 5.73 Å². The quantitative estimate of drug-likeness (QED) is 0.748. The second-order valence-electron chi connectivity index (χ2n) is 3.89. The van der Waals surface area contributed by atoms with Crippen LogP contribution in [-0.4, -0.2) is 0 Å². The Labute approximate surface area is 97.0 Å². The zero-order valence-electron chi connectivity index (χ0n) is 9.31. The van der Waals surface area contributed by atoms with Crippen LogP contribution >= 0.6 is 0 Å². The SMILES string of the molecule is CCc1cc(C(F)(F)F)c2ccccc2c1N. The lowest BCUT2D eigenvalue weighted by atomic mass is 9.97. The predicted molar refractivity (Wildman–Crippen MR) is 62.7 cm³/mol. The molecule has 0 unspecified atom stereocenters. The third-order valence-corrected chi connectivity index (χ3v) is 2.86. The van der Waals surface area contributed by atoms with Crippen LogP contribution in [0.25, 0.3) is 10.8 Å². The van der Waals surface area contributed by atoms with Gasteiger partial charge in [0.05, 0.1) is 5.56 Å². The fraction of sp³-hybridized carbons (Fsp3) is 0.231. The highest BCUT2D eigenvalue weighted by molar-refractivity contribution is 5.97. The molecule has 0 spiro atoms. The van der Waals surface area contributed by atoms with E-state index in [-0.39, 0.29) is 5.39 Å². The Morgan fingerprint density at radius 3 is 2.24 bits per heavy atom. The maximum atomic E-state index is 12.9. The lowest BCUT2D eigenvalue weighted by Gasteiger charge is -2.15. The molecule has 0 bridgehead atoms. The number of anilines is 1. The van der Waals surface area contributed by atoms with Crippen molar-refractivity contribution in [2.45, 2.75) is 19.5 Å². The second kappa shape index (κ2) is 3.95. The molecule has 0 aliphatic carbocycles. The van der Waals surface area contributed by atoms with Crippen LogP contribution in [-0.2, 0) is 12.6 Å². The van der Waals surface area contributed by atoms with Crippen LogP contribution in [0.3, 0.4) is 0 Å². The molecule has 0 fully saturated rings. The molecule has 0 radical (unpaired) electrons. The summed E-state index contributed by atoms with van der Waals surface area (Å²) in [5.74, 6) is 0. The topological polar surface area (TPSA) is 26.0 Å². The number of hydrogen-bond donors (Lipinski definition) is 1. The van der Waals surface area contributed by atoms with Crippen LogP contribution < -0.4 is 5.73 Å². The van der Waals surface area contributed by atoms with Crippen molar-refractivity contribution in [1.29, 1.82) is 0 Å². The van der Waals surface area contributed by atoms with E-state index in [9.17, 15) is 13.2 Å². The van der Waals surface area contributed by atoms with Crippen molar-refractivity contribution in [2.75, 3.05) is 5.73 Å². The molecular weight excluding hydrogens is 227 g/mol. The molecule has 90 valence electrons. The highest BCUT2D eigenvalue weighted by Crippen LogP contribution is 2.38. The summed E-state index contributed by atoms with van der Waals surface area (Å²) in [6, 6.07) is 7.51. The van der Waals surface area contributed by atoms with Gasteiger partial charge in [-0.1, -0.05) is 31.2 Å². The van der Waals surface area contributed by atoms with Gasteiger partial charge in [0.15, 0.2) is 0 Å². The fourth-order valence-corrected chi connectivity index (χ4v) is 1.98. The Balaban J connectivity index is 2.88. The van der Waals surface area contributed by atoms with Crippen LogP contribution in [0.15, 0.2) is 30.3 Å². The molecule has 0 saturated heterocycles. The number of aryl methyl sites for hydroxylation is 1. The van der Waals surface area contributed by atoms with E-state index in [0.29, 0.717) is 23.1 Å². The van der Waals surface area contributed by atoms with Crippen molar-refractivity contribution >= 4 is 16.5 Å². The first-order chi connectivity index (χ1) is 7.95. The third kappa shape index (κ3) is 1.95. The van der Waals surface area contributed by atoms with E-state index in [1.807, 2.05) is 0 Å². The lowest BCUT2D eigenvalue weighted by Crippen LogP contribution is -2.08. The number of nitrogens with two attached hydrogens (primary N) is 1. The molecule has 0 heterocycles. The van der Waals surface area contributed by atoms with Crippen LogP contribution in [0.1, 0.15) is 18.1 Å². The van der Waals surface area contributed by atoms with Crippen LogP contribution in [0.5, 0.6) is 0 Å². The summed E-state index contributed by atoms with van der Waals surface area (Å²) in [7, 11) is 0. The minimum absolute atomic E-state index is 0.162. The minimum Gasteiger partial charge on any atom is -0.398 e. The Morgan fingerprint density at radius 2 is 1.71 bits per heavy atom. The van der Waals surface area contributed by atoms with Crippen molar-refractivity contribution in [3.63, 3.8) is 0 Å². The van der Waals surface area contributed by atoms with Crippen molar-refractivity contribution in [1.82, 2.24) is 0 Å². The van der Waals surface area contributed by atoms with Gasteiger partial charge >= 0.3 is 6.18 Å². The van der Waals surface area contributed by atoms with E-state index in [4.69, 9.17) is 5.73 Å². The average molecular weight is 239 g/mol. The molecule has 2 rings (SSSR count). The van der Waals surface area contributed by atoms with Crippen molar-refractivity contribution in [3.8, 4) is 0 Å².